The van der Waals surface area contributed by atoms with Crippen molar-refractivity contribution >= 4 is 28.3 Å². The van der Waals surface area contributed by atoms with Gasteiger partial charge in [-0.15, -0.1) is 10.2 Å². The lowest BCUT2D eigenvalue weighted by Gasteiger charge is -2.25. The number of benzene rings is 1. The molecule has 2 heterocycles. The Morgan fingerprint density at radius 3 is 2.71 bits per heavy atom. The molecule has 0 bridgehead atoms. The molecule has 2 atom stereocenters. The van der Waals surface area contributed by atoms with Crippen LogP contribution < -0.4 is 16.0 Å². The molecule has 31 heavy (non-hydrogen) atoms. The van der Waals surface area contributed by atoms with Crippen LogP contribution in [-0.4, -0.2) is 40.6 Å². The summed E-state index contributed by atoms with van der Waals surface area (Å²) in [5.74, 6) is -0.0144. The SMILES string of the molecule is CC(C)c1nnc(NC(=O)C=C[C@H](CCc2ccccc2)NC(=O)[C@@H]2CCCCN2)s1. The molecule has 0 radical (unpaired) electrons. The molecule has 8 heteroatoms. The van der Waals surface area contributed by atoms with Gasteiger partial charge in [-0.1, -0.05) is 68.0 Å². The number of carbonyl (C=O) groups is 2. The highest BCUT2D eigenvalue weighted by Crippen LogP contribution is 2.22. The van der Waals surface area contributed by atoms with Gasteiger partial charge in [0.25, 0.3) is 0 Å². The Balaban J connectivity index is 1.60. The van der Waals surface area contributed by atoms with E-state index in [4.69, 9.17) is 0 Å². The van der Waals surface area contributed by atoms with Gasteiger partial charge in [0.15, 0.2) is 0 Å². The van der Waals surface area contributed by atoms with Crippen LogP contribution >= 0.6 is 11.3 Å². The predicted octanol–water partition coefficient (Wildman–Crippen LogP) is 3.42. The summed E-state index contributed by atoms with van der Waals surface area (Å²) < 4.78 is 0. The lowest BCUT2D eigenvalue weighted by molar-refractivity contribution is -0.124. The molecule has 1 saturated heterocycles. The zero-order valence-corrected chi connectivity index (χ0v) is 19.0. The van der Waals surface area contributed by atoms with Gasteiger partial charge in [-0.3, -0.25) is 14.9 Å². The van der Waals surface area contributed by atoms with Gasteiger partial charge >= 0.3 is 0 Å². The van der Waals surface area contributed by atoms with Crippen molar-refractivity contribution in [1.29, 1.82) is 0 Å². The number of hydrogen-bond donors (Lipinski definition) is 3. The van der Waals surface area contributed by atoms with Gasteiger partial charge in [-0.25, -0.2) is 0 Å². The fourth-order valence-corrected chi connectivity index (χ4v) is 4.16. The number of rotatable bonds is 9. The first-order chi connectivity index (χ1) is 15.0. The van der Waals surface area contributed by atoms with Gasteiger partial charge in [-0.2, -0.15) is 0 Å². The van der Waals surface area contributed by atoms with E-state index in [9.17, 15) is 9.59 Å². The minimum atomic E-state index is -0.277. The molecule has 1 fully saturated rings. The number of piperidine rings is 1. The maximum absolute atomic E-state index is 12.7. The van der Waals surface area contributed by atoms with Gasteiger partial charge in [0, 0.05) is 18.0 Å². The zero-order chi connectivity index (χ0) is 22.1. The topological polar surface area (TPSA) is 96.0 Å². The highest BCUT2D eigenvalue weighted by molar-refractivity contribution is 7.15. The molecule has 166 valence electrons. The van der Waals surface area contributed by atoms with Crippen molar-refractivity contribution in [1.82, 2.24) is 20.8 Å². The van der Waals surface area contributed by atoms with Gasteiger partial charge in [-0.05, 0) is 37.8 Å². The molecule has 0 saturated carbocycles. The number of nitrogens with zero attached hydrogens (tertiary/aromatic N) is 2. The van der Waals surface area contributed by atoms with Gasteiger partial charge < -0.3 is 10.6 Å². The molecule has 1 aliphatic heterocycles. The molecule has 1 aromatic carbocycles. The highest BCUT2D eigenvalue weighted by Gasteiger charge is 2.22. The number of hydrogen-bond acceptors (Lipinski definition) is 6. The molecule has 0 unspecified atom stereocenters. The number of aryl methyl sites for hydroxylation is 1. The molecule has 2 aromatic rings. The molecule has 1 aliphatic rings. The first kappa shape index (κ1) is 23.1. The van der Waals surface area contributed by atoms with Crippen LogP contribution in [0.2, 0.25) is 0 Å². The third-order valence-electron chi connectivity index (χ3n) is 5.19. The van der Waals surface area contributed by atoms with E-state index in [1.54, 1.807) is 6.08 Å². The first-order valence-corrected chi connectivity index (χ1v) is 11.7. The molecular formula is C23H31N5O2S. The molecule has 1 aromatic heterocycles. The van der Waals surface area contributed by atoms with Gasteiger partial charge in [0.2, 0.25) is 16.9 Å². The minimum absolute atomic E-state index is 0.00600. The van der Waals surface area contributed by atoms with E-state index in [0.717, 1.165) is 37.2 Å². The lowest BCUT2D eigenvalue weighted by Crippen LogP contribution is -2.49. The van der Waals surface area contributed by atoms with Crippen molar-refractivity contribution in [2.75, 3.05) is 11.9 Å². The summed E-state index contributed by atoms with van der Waals surface area (Å²) in [5, 5.41) is 18.6. The van der Waals surface area contributed by atoms with E-state index in [1.165, 1.54) is 23.0 Å². The Labute approximate surface area is 187 Å². The van der Waals surface area contributed by atoms with Crippen LogP contribution in [-0.2, 0) is 16.0 Å². The van der Waals surface area contributed by atoms with E-state index < -0.39 is 0 Å². The summed E-state index contributed by atoms with van der Waals surface area (Å²) in [6.07, 6.45) is 7.76. The van der Waals surface area contributed by atoms with Crippen LogP contribution in [0, 0.1) is 0 Å². The van der Waals surface area contributed by atoms with E-state index in [1.807, 2.05) is 32.0 Å². The monoisotopic (exact) mass is 441 g/mol. The lowest BCUT2D eigenvalue weighted by atomic mass is 10.0. The van der Waals surface area contributed by atoms with Crippen LogP contribution in [0.4, 0.5) is 5.13 Å². The smallest absolute Gasteiger partial charge is 0.249 e. The molecule has 7 nitrogen and oxygen atoms in total. The predicted molar refractivity (Wildman–Crippen MR) is 124 cm³/mol. The molecule has 3 rings (SSSR count). The Morgan fingerprint density at radius 1 is 1.23 bits per heavy atom. The molecule has 0 aliphatic carbocycles. The second-order valence-electron chi connectivity index (χ2n) is 8.09. The number of amides is 2. The zero-order valence-electron chi connectivity index (χ0n) is 18.1. The molecule has 0 spiro atoms. The highest BCUT2D eigenvalue weighted by atomic mass is 32.1. The van der Waals surface area contributed by atoms with E-state index in [2.05, 4.69) is 38.3 Å². The Bertz CT molecular complexity index is 875. The third-order valence-corrected chi connectivity index (χ3v) is 6.33. The van der Waals surface area contributed by atoms with Crippen molar-refractivity contribution in [3.63, 3.8) is 0 Å². The first-order valence-electron chi connectivity index (χ1n) is 10.9. The summed E-state index contributed by atoms with van der Waals surface area (Å²) in [4.78, 5) is 25.1. The van der Waals surface area contributed by atoms with Crippen LogP contribution in [0.25, 0.3) is 0 Å². The number of nitrogens with one attached hydrogen (secondary N) is 3. The van der Waals surface area contributed by atoms with Crippen LogP contribution in [0.3, 0.4) is 0 Å². The van der Waals surface area contributed by atoms with Crippen LogP contribution in [0.5, 0.6) is 0 Å². The number of carbonyl (C=O) groups excluding carboxylic acids is 2. The maximum Gasteiger partial charge on any atom is 0.249 e. The fraction of sp³-hybridized carbons (Fsp3) is 0.478. The standard InChI is InChI=1S/C23H31N5O2S/c1-16(2)22-27-28-23(31-22)26-20(29)14-13-18(12-11-17-8-4-3-5-9-17)25-21(30)19-10-6-7-15-24-19/h3-5,8-9,13-14,16,18-19,24H,6-7,10-12,15H2,1-2H3,(H,25,30)(H,26,28,29)/t18-,19-/m0/s1. The summed E-state index contributed by atoms with van der Waals surface area (Å²) in [6.45, 7) is 4.94. The average Bonchev–Trinajstić information content (AvgIpc) is 3.25. The summed E-state index contributed by atoms with van der Waals surface area (Å²) in [5.41, 5.74) is 1.20. The second kappa shape index (κ2) is 11.7. The largest absolute Gasteiger partial charge is 0.349 e. The maximum atomic E-state index is 12.7. The fourth-order valence-electron chi connectivity index (χ4n) is 3.41. The van der Waals surface area contributed by atoms with Crippen molar-refractivity contribution in [2.24, 2.45) is 0 Å². The number of aromatic nitrogens is 2. The van der Waals surface area contributed by atoms with Gasteiger partial charge in [0.1, 0.15) is 5.01 Å². The summed E-state index contributed by atoms with van der Waals surface area (Å²) >= 11 is 1.37. The van der Waals surface area contributed by atoms with Crippen molar-refractivity contribution in [3.05, 3.63) is 53.1 Å². The van der Waals surface area contributed by atoms with E-state index in [-0.39, 0.29) is 29.8 Å². The third kappa shape index (κ3) is 7.56. The van der Waals surface area contributed by atoms with Crippen LogP contribution in [0.15, 0.2) is 42.5 Å². The average molecular weight is 442 g/mol. The Kier molecular flexibility index (Phi) is 8.73. The molecule has 3 N–H and O–H groups in total. The molecule has 2 amide bonds. The van der Waals surface area contributed by atoms with E-state index in [0.29, 0.717) is 11.6 Å². The van der Waals surface area contributed by atoms with Crippen molar-refractivity contribution in [3.8, 4) is 0 Å². The quantitative estimate of drug-likeness (QED) is 0.518. The molecular weight excluding hydrogens is 410 g/mol. The summed E-state index contributed by atoms with van der Waals surface area (Å²) in [7, 11) is 0. The van der Waals surface area contributed by atoms with Crippen LogP contribution in [0.1, 0.15) is 56.0 Å². The Hall–Kier alpha value is -2.58. The Morgan fingerprint density at radius 2 is 2.03 bits per heavy atom. The minimum Gasteiger partial charge on any atom is -0.349 e. The van der Waals surface area contributed by atoms with Gasteiger partial charge in [0.05, 0.1) is 6.04 Å². The second-order valence-corrected chi connectivity index (χ2v) is 9.10. The summed E-state index contributed by atoms with van der Waals surface area (Å²) in [6, 6.07) is 9.74. The van der Waals surface area contributed by atoms with E-state index >= 15 is 0 Å². The van der Waals surface area contributed by atoms with Crippen molar-refractivity contribution < 1.29 is 9.59 Å². The number of anilines is 1. The normalized spacial score (nSPS) is 17.6. The van der Waals surface area contributed by atoms with Crippen molar-refractivity contribution in [2.45, 2.75) is 64.0 Å².